The lowest BCUT2D eigenvalue weighted by molar-refractivity contribution is -0.0140. The minimum absolute atomic E-state index is 0.278. The number of piperazine rings is 1. The Bertz CT molecular complexity index is 280. The van der Waals surface area contributed by atoms with Crippen LogP contribution in [0.25, 0.3) is 0 Å². The summed E-state index contributed by atoms with van der Waals surface area (Å²) in [5.74, 6) is 0.896. The number of rotatable bonds is 6. The van der Waals surface area contributed by atoms with Gasteiger partial charge in [0.2, 0.25) is 0 Å². The van der Waals surface area contributed by atoms with E-state index in [0.717, 1.165) is 38.8 Å². The van der Waals surface area contributed by atoms with E-state index in [2.05, 4.69) is 37.9 Å². The van der Waals surface area contributed by atoms with Gasteiger partial charge in [0.15, 0.2) is 0 Å². The Hall–Kier alpha value is -0.120. The minimum atomic E-state index is 0.278. The SMILES string of the molecule is CCOCCN1CC(C)(CC)NCC1(C)C1CC1. The molecular weight excluding hydrogens is 224 g/mol. The Morgan fingerprint density at radius 1 is 1.28 bits per heavy atom. The van der Waals surface area contributed by atoms with E-state index >= 15 is 0 Å². The summed E-state index contributed by atoms with van der Waals surface area (Å²) in [5, 5.41) is 3.80. The van der Waals surface area contributed by atoms with Crippen molar-refractivity contribution < 1.29 is 4.74 Å². The molecule has 2 rings (SSSR count). The quantitative estimate of drug-likeness (QED) is 0.736. The van der Waals surface area contributed by atoms with E-state index in [4.69, 9.17) is 4.74 Å². The first kappa shape index (κ1) is 14.3. The van der Waals surface area contributed by atoms with Gasteiger partial charge in [-0.1, -0.05) is 6.92 Å². The van der Waals surface area contributed by atoms with Crippen molar-refractivity contribution in [2.75, 3.05) is 32.8 Å². The van der Waals surface area contributed by atoms with Crippen molar-refractivity contribution in [1.29, 1.82) is 0 Å². The van der Waals surface area contributed by atoms with Gasteiger partial charge >= 0.3 is 0 Å². The second-order valence-electron chi connectivity index (χ2n) is 6.52. The summed E-state index contributed by atoms with van der Waals surface area (Å²) in [6, 6.07) is 0. The average Bonchev–Trinajstić information content (AvgIpc) is 3.19. The van der Waals surface area contributed by atoms with Gasteiger partial charge in [0, 0.05) is 37.3 Å². The average molecular weight is 254 g/mol. The molecule has 18 heavy (non-hydrogen) atoms. The number of hydrogen-bond donors (Lipinski definition) is 1. The van der Waals surface area contributed by atoms with Crippen LogP contribution in [0.5, 0.6) is 0 Å². The zero-order chi connectivity index (χ0) is 13.2. The van der Waals surface area contributed by atoms with E-state index in [9.17, 15) is 0 Å². The summed E-state index contributed by atoms with van der Waals surface area (Å²) < 4.78 is 5.57. The molecule has 1 heterocycles. The van der Waals surface area contributed by atoms with Crippen LogP contribution in [0.1, 0.15) is 47.0 Å². The summed E-state index contributed by atoms with van der Waals surface area (Å²) in [6.45, 7) is 14.2. The third-order valence-corrected chi connectivity index (χ3v) is 5.08. The summed E-state index contributed by atoms with van der Waals surface area (Å²) in [6.07, 6.45) is 4.01. The molecule has 2 unspecified atom stereocenters. The molecule has 3 nitrogen and oxygen atoms in total. The van der Waals surface area contributed by atoms with Gasteiger partial charge in [-0.3, -0.25) is 4.90 Å². The van der Waals surface area contributed by atoms with Crippen LogP contribution in [0, 0.1) is 5.92 Å². The summed E-state index contributed by atoms with van der Waals surface area (Å²) in [5.41, 5.74) is 0.631. The molecule has 1 aliphatic heterocycles. The van der Waals surface area contributed by atoms with E-state index in [1.165, 1.54) is 19.3 Å². The monoisotopic (exact) mass is 254 g/mol. The van der Waals surface area contributed by atoms with Crippen molar-refractivity contribution in [2.45, 2.75) is 58.0 Å². The number of nitrogens with zero attached hydrogens (tertiary/aromatic N) is 1. The fraction of sp³-hybridized carbons (Fsp3) is 1.00. The molecule has 1 N–H and O–H groups in total. The first-order valence-corrected chi connectivity index (χ1v) is 7.62. The Morgan fingerprint density at radius 2 is 2.00 bits per heavy atom. The van der Waals surface area contributed by atoms with Gasteiger partial charge in [-0.2, -0.15) is 0 Å². The molecular formula is C15H30N2O. The van der Waals surface area contributed by atoms with Gasteiger partial charge in [0.1, 0.15) is 0 Å². The lowest BCUT2D eigenvalue weighted by Crippen LogP contribution is -2.69. The fourth-order valence-corrected chi connectivity index (χ4v) is 3.16. The molecule has 0 aromatic rings. The van der Waals surface area contributed by atoms with Crippen LogP contribution < -0.4 is 5.32 Å². The standard InChI is InChI=1S/C15H30N2O/c1-5-14(3)12-17(9-10-18-6-2)15(4,11-16-14)13-7-8-13/h13,16H,5-12H2,1-4H3. The van der Waals surface area contributed by atoms with Gasteiger partial charge in [-0.05, 0) is 46.0 Å². The smallest absolute Gasteiger partial charge is 0.0593 e. The molecule has 0 aromatic carbocycles. The highest BCUT2D eigenvalue weighted by molar-refractivity contribution is 5.07. The zero-order valence-corrected chi connectivity index (χ0v) is 12.6. The predicted octanol–water partition coefficient (Wildman–Crippen LogP) is 2.27. The van der Waals surface area contributed by atoms with Crippen molar-refractivity contribution in [3.8, 4) is 0 Å². The maximum Gasteiger partial charge on any atom is 0.0593 e. The molecule has 0 bridgehead atoms. The Morgan fingerprint density at radius 3 is 2.56 bits per heavy atom. The van der Waals surface area contributed by atoms with Gasteiger partial charge in [-0.25, -0.2) is 0 Å². The van der Waals surface area contributed by atoms with Gasteiger partial charge in [0.25, 0.3) is 0 Å². The highest BCUT2D eigenvalue weighted by atomic mass is 16.5. The highest BCUT2D eigenvalue weighted by Gasteiger charge is 2.50. The largest absolute Gasteiger partial charge is 0.380 e. The summed E-state index contributed by atoms with van der Waals surface area (Å²) >= 11 is 0. The second kappa shape index (κ2) is 5.48. The Labute approximate surface area is 112 Å². The van der Waals surface area contributed by atoms with Crippen LogP contribution in [-0.4, -0.2) is 48.8 Å². The molecule has 2 aliphatic rings. The molecule has 2 atom stereocenters. The molecule has 2 fully saturated rings. The van der Waals surface area contributed by atoms with E-state index < -0.39 is 0 Å². The van der Waals surface area contributed by atoms with Crippen molar-refractivity contribution in [3.63, 3.8) is 0 Å². The first-order valence-electron chi connectivity index (χ1n) is 7.62. The Kier molecular flexibility index (Phi) is 4.35. The van der Waals surface area contributed by atoms with Crippen LogP contribution in [0.3, 0.4) is 0 Å². The zero-order valence-electron chi connectivity index (χ0n) is 12.6. The second-order valence-corrected chi connectivity index (χ2v) is 6.52. The van der Waals surface area contributed by atoms with Crippen LogP contribution in [0.2, 0.25) is 0 Å². The third-order valence-electron chi connectivity index (χ3n) is 5.08. The maximum absolute atomic E-state index is 5.57. The normalized spacial score (nSPS) is 38.0. The summed E-state index contributed by atoms with van der Waals surface area (Å²) in [4.78, 5) is 2.69. The van der Waals surface area contributed by atoms with Gasteiger partial charge < -0.3 is 10.1 Å². The molecule has 1 aliphatic carbocycles. The minimum Gasteiger partial charge on any atom is -0.380 e. The number of ether oxygens (including phenoxy) is 1. The predicted molar refractivity (Wildman–Crippen MR) is 75.9 cm³/mol. The molecule has 1 saturated heterocycles. The van der Waals surface area contributed by atoms with Crippen molar-refractivity contribution in [2.24, 2.45) is 5.92 Å². The van der Waals surface area contributed by atoms with Gasteiger partial charge in [-0.15, -0.1) is 0 Å². The van der Waals surface area contributed by atoms with Crippen LogP contribution in [0.4, 0.5) is 0 Å². The van der Waals surface area contributed by atoms with Crippen LogP contribution in [0.15, 0.2) is 0 Å². The lowest BCUT2D eigenvalue weighted by atomic mass is 9.84. The molecule has 0 radical (unpaired) electrons. The molecule has 0 spiro atoms. The topological polar surface area (TPSA) is 24.5 Å². The maximum atomic E-state index is 5.57. The van der Waals surface area contributed by atoms with Gasteiger partial charge in [0.05, 0.1) is 6.61 Å². The fourth-order valence-electron chi connectivity index (χ4n) is 3.16. The van der Waals surface area contributed by atoms with E-state index in [1.54, 1.807) is 0 Å². The van der Waals surface area contributed by atoms with Crippen molar-refractivity contribution in [3.05, 3.63) is 0 Å². The van der Waals surface area contributed by atoms with E-state index in [1.807, 2.05) is 0 Å². The molecule has 106 valence electrons. The van der Waals surface area contributed by atoms with E-state index in [0.29, 0.717) is 5.54 Å². The third kappa shape index (κ3) is 2.89. The first-order chi connectivity index (χ1) is 8.54. The molecule has 1 saturated carbocycles. The highest BCUT2D eigenvalue weighted by Crippen LogP contribution is 2.44. The number of nitrogens with one attached hydrogen (secondary N) is 1. The molecule has 3 heteroatoms. The molecule has 0 amide bonds. The van der Waals surface area contributed by atoms with Crippen molar-refractivity contribution >= 4 is 0 Å². The lowest BCUT2D eigenvalue weighted by Gasteiger charge is -2.52. The van der Waals surface area contributed by atoms with Crippen molar-refractivity contribution in [1.82, 2.24) is 10.2 Å². The summed E-state index contributed by atoms with van der Waals surface area (Å²) in [7, 11) is 0. The number of hydrogen-bond acceptors (Lipinski definition) is 3. The van der Waals surface area contributed by atoms with E-state index in [-0.39, 0.29) is 5.54 Å². The Balaban J connectivity index is 2.01. The molecule has 0 aromatic heterocycles. The van der Waals surface area contributed by atoms with Crippen LogP contribution >= 0.6 is 0 Å². The van der Waals surface area contributed by atoms with Crippen LogP contribution in [-0.2, 0) is 4.74 Å².